The topological polar surface area (TPSA) is 41.6 Å². The summed E-state index contributed by atoms with van der Waals surface area (Å²) < 4.78 is 19.6. The molecule has 1 unspecified atom stereocenters. The zero-order valence-corrected chi connectivity index (χ0v) is 14.9. The molecule has 0 bridgehead atoms. The maximum atomic E-state index is 13.7. The van der Waals surface area contributed by atoms with Gasteiger partial charge in [-0.3, -0.25) is 4.79 Å². The highest BCUT2D eigenvalue weighted by molar-refractivity contribution is 9.10. The van der Waals surface area contributed by atoms with E-state index in [-0.39, 0.29) is 36.7 Å². The number of hydrogen-bond acceptors (Lipinski definition) is 3. The second kappa shape index (κ2) is 9.33. The van der Waals surface area contributed by atoms with Crippen LogP contribution in [-0.4, -0.2) is 43.1 Å². The van der Waals surface area contributed by atoms with Gasteiger partial charge in [-0.15, -0.1) is 12.4 Å². The van der Waals surface area contributed by atoms with E-state index in [4.69, 9.17) is 4.74 Å². The molecule has 22 heavy (non-hydrogen) atoms. The highest BCUT2D eigenvalue weighted by atomic mass is 79.9. The van der Waals surface area contributed by atoms with Crippen molar-refractivity contribution < 1.29 is 13.9 Å². The second-order valence-electron chi connectivity index (χ2n) is 5.10. The first kappa shape index (κ1) is 19.2. The Balaban J connectivity index is 0.00000242. The highest BCUT2D eigenvalue weighted by Crippen LogP contribution is 2.21. The van der Waals surface area contributed by atoms with E-state index in [0.717, 1.165) is 25.9 Å². The number of hydrogen-bond donors (Lipinski definition) is 1. The third-order valence-corrected chi connectivity index (χ3v) is 4.00. The third-order valence-electron chi connectivity index (χ3n) is 3.51. The molecular formula is C15H21BrClFN2O2. The summed E-state index contributed by atoms with van der Waals surface area (Å²) in [5.74, 6) is -0.456. The lowest BCUT2D eigenvalue weighted by atomic mass is 10.2. The quantitative estimate of drug-likeness (QED) is 0.805. The molecule has 1 aliphatic rings. The van der Waals surface area contributed by atoms with Gasteiger partial charge in [0, 0.05) is 23.6 Å². The van der Waals surface area contributed by atoms with Crippen LogP contribution in [0.3, 0.4) is 0 Å². The van der Waals surface area contributed by atoms with E-state index >= 15 is 0 Å². The van der Waals surface area contributed by atoms with E-state index in [0.29, 0.717) is 11.0 Å². The van der Waals surface area contributed by atoms with Gasteiger partial charge in [0.15, 0.2) is 18.2 Å². The minimum absolute atomic E-state index is 0. The molecule has 124 valence electrons. The van der Waals surface area contributed by atoms with Crippen LogP contribution in [0.25, 0.3) is 0 Å². The maximum absolute atomic E-state index is 13.7. The number of nitrogens with zero attached hydrogens (tertiary/aromatic N) is 1. The minimum Gasteiger partial charge on any atom is -0.481 e. The summed E-state index contributed by atoms with van der Waals surface area (Å²) in [5, 5.41) is 3.26. The van der Waals surface area contributed by atoms with Crippen LogP contribution >= 0.6 is 28.3 Å². The van der Waals surface area contributed by atoms with E-state index in [9.17, 15) is 9.18 Å². The van der Waals surface area contributed by atoms with Crippen molar-refractivity contribution in [3.63, 3.8) is 0 Å². The first-order chi connectivity index (χ1) is 10.1. The van der Waals surface area contributed by atoms with Crippen LogP contribution in [0.15, 0.2) is 22.7 Å². The third kappa shape index (κ3) is 5.11. The van der Waals surface area contributed by atoms with Crippen LogP contribution in [0.5, 0.6) is 5.75 Å². The van der Waals surface area contributed by atoms with Crippen molar-refractivity contribution in [2.75, 3.05) is 26.2 Å². The molecule has 0 aliphatic carbocycles. The van der Waals surface area contributed by atoms with Gasteiger partial charge >= 0.3 is 0 Å². The lowest BCUT2D eigenvalue weighted by Crippen LogP contribution is -2.44. The molecule has 1 N–H and O–H groups in total. The highest BCUT2D eigenvalue weighted by Gasteiger charge is 2.26. The molecule has 0 radical (unpaired) electrons. The molecule has 0 aromatic heterocycles. The molecule has 1 aromatic carbocycles. The molecule has 4 nitrogen and oxygen atoms in total. The molecule has 1 aromatic rings. The minimum atomic E-state index is -0.471. The Morgan fingerprint density at radius 1 is 1.55 bits per heavy atom. The Morgan fingerprint density at radius 2 is 2.32 bits per heavy atom. The molecule has 1 fully saturated rings. The lowest BCUT2D eigenvalue weighted by molar-refractivity contribution is -0.135. The van der Waals surface area contributed by atoms with Gasteiger partial charge in [-0.05, 0) is 37.6 Å². The van der Waals surface area contributed by atoms with Crippen molar-refractivity contribution in [1.29, 1.82) is 0 Å². The number of nitrogens with one attached hydrogen (secondary N) is 1. The van der Waals surface area contributed by atoms with E-state index < -0.39 is 5.82 Å². The Kier molecular flexibility index (Phi) is 8.14. The van der Waals surface area contributed by atoms with Crippen molar-refractivity contribution in [3.8, 4) is 5.75 Å². The summed E-state index contributed by atoms with van der Waals surface area (Å²) in [6.45, 7) is 4.36. The van der Waals surface area contributed by atoms with Crippen LogP contribution in [0.2, 0.25) is 0 Å². The van der Waals surface area contributed by atoms with Crippen molar-refractivity contribution in [2.45, 2.75) is 25.8 Å². The number of ether oxygens (including phenoxy) is 1. The molecule has 1 heterocycles. The lowest BCUT2D eigenvalue weighted by Gasteiger charge is -2.28. The van der Waals surface area contributed by atoms with Gasteiger partial charge in [-0.25, -0.2) is 4.39 Å². The van der Waals surface area contributed by atoms with Crippen LogP contribution in [-0.2, 0) is 4.79 Å². The SMILES string of the molecule is CCCN(C(=O)COc1ccc(Br)cc1F)C1CCNC1.Cl. The monoisotopic (exact) mass is 394 g/mol. The predicted octanol–water partition coefficient (Wildman–Crippen LogP) is 2.99. The first-order valence-corrected chi connectivity index (χ1v) is 7.99. The van der Waals surface area contributed by atoms with E-state index in [1.807, 2.05) is 11.8 Å². The Morgan fingerprint density at radius 3 is 2.91 bits per heavy atom. The summed E-state index contributed by atoms with van der Waals surface area (Å²) in [7, 11) is 0. The molecule has 2 rings (SSSR count). The average molecular weight is 396 g/mol. The fourth-order valence-electron chi connectivity index (χ4n) is 2.47. The van der Waals surface area contributed by atoms with Crippen molar-refractivity contribution in [1.82, 2.24) is 10.2 Å². The molecule has 1 aliphatic heterocycles. The molecule has 1 amide bonds. The normalized spacial score (nSPS) is 17.0. The number of amides is 1. The number of halogens is 3. The number of benzene rings is 1. The Hall–Kier alpha value is -0.850. The fraction of sp³-hybridized carbons (Fsp3) is 0.533. The fourth-order valence-corrected chi connectivity index (χ4v) is 2.81. The van der Waals surface area contributed by atoms with Gasteiger partial charge in [-0.2, -0.15) is 0 Å². The molecule has 7 heteroatoms. The zero-order chi connectivity index (χ0) is 15.2. The number of rotatable bonds is 6. The predicted molar refractivity (Wildman–Crippen MR) is 90.1 cm³/mol. The number of carbonyl (C=O) groups excluding carboxylic acids is 1. The van der Waals surface area contributed by atoms with E-state index in [1.54, 1.807) is 6.07 Å². The van der Waals surface area contributed by atoms with Crippen LogP contribution in [0.1, 0.15) is 19.8 Å². The van der Waals surface area contributed by atoms with E-state index in [2.05, 4.69) is 21.2 Å². The summed E-state index contributed by atoms with van der Waals surface area (Å²) in [6, 6.07) is 4.75. The Bertz CT molecular complexity index is 498. The molecule has 1 atom stereocenters. The zero-order valence-electron chi connectivity index (χ0n) is 12.5. The van der Waals surface area contributed by atoms with Crippen molar-refractivity contribution >= 4 is 34.2 Å². The van der Waals surface area contributed by atoms with Crippen molar-refractivity contribution in [2.24, 2.45) is 0 Å². The van der Waals surface area contributed by atoms with Gasteiger partial charge < -0.3 is 15.0 Å². The van der Waals surface area contributed by atoms with Crippen LogP contribution < -0.4 is 10.1 Å². The van der Waals surface area contributed by atoms with Gasteiger partial charge in [0.25, 0.3) is 5.91 Å². The second-order valence-corrected chi connectivity index (χ2v) is 6.01. The summed E-state index contributed by atoms with van der Waals surface area (Å²) in [6.07, 6.45) is 1.85. The average Bonchev–Trinajstić information content (AvgIpc) is 2.97. The largest absolute Gasteiger partial charge is 0.481 e. The smallest absolute Gasteiger partial charge is 0.260 e. The summed E-state index contributed by atoms with van der Waals surface area (Å²) in [4.78, 5) is 14.2. The van der Waals surface area contributed by atoms with Crippen LogP contribution in [0, 0.1) is 5.82 Å². The van der Waals surface area contributed by atoms with Crippen LogP contribution in [0.4, 0.5) is 4.39 Å². The van der Waals surface area contributed by atoms with Gasteiger partial charge in [0.05, 0.1) is 0 Å². The maximum Gasteiger partial charge on any atom is 0.260 e. The summed E-state index contributed by atoms with van der Waals surface area (Å²) >= 11 is 3.19. The molecule has 1 saturated heterocycles. The standard InChI is InChI=1S/C15H20BrFN2O2.ClH/c1-2-7-19(12-5-6-18-9-12)15(20)10-21-14-4-3-11(16)8-13(14)17;/h3-4,8,12,18H,2,5-7,9-10H2,1H3;1H. The van der Waals surface area contributed by atoms with Gasteiger partial charge in [0.2, 0.25) is 0 Å². The van der Waals surface area contributed by atoms with E-state index in [1.165, 1.54) is 12.1 Å². The number of carbonyl (C=O) groups is 1. The molecule has 0 spiro atoms. The van der Waals surface area contributed by atoms with Gasteiger partial charge in [0.1, 0.15) is 0 Å². The summed E-state index contributed by atoms with van der Waals surface area (Å²) in [5.41, 5.74) is 0. The first-order valence-electron chi connectivity index (χ1n) is 7.20. The molecular weight excluding hydrogens is 375 g/mol. The molecule has 0 saturated carbocycles. The Labute approximate surface area is 144 Å². The van der Waals surface area contributed by atoms with Crippen molar-refractivity contribution in [3.05, 3.63) is 28.5 Å². The van der Waals surface area contributed by atoms with Gasteiger partial charge in [-0.1, -0.05) is 22.9 Å².